The number of nitrogens with two attached hydrogens (primary N) is 1. The molecule has 1 aliphatic rings. The van der Waals surface area contributed by atoms with E-state index in [9.17, 15) is 4.79 Å². The van der Waals surface area contributed by atoms with Crippen molar-refractivity contribution in [3.63, 3.8) is 0 Å². The highest BCUT2D eigenvalue weighted by molar-refractivity contribution is 7.99. The number of nitrogens with zero attached hydrogens (tertiary/aromatic N) is 1. The third-order valence-electron chi connectivity index (χ3n) is 4.01. The summed E-state index contributed by atoms with van der Waals surface area (Å²) in [6.45, 7) is 2.74. The zero-order valence-electron chi connectivity index (χ0n) is 12.1. The molecule has 6 heteroatoms. The summed E-state index contributed by atoms with van der Waals surface area (Å²) in [6.07, 6.45) is 2.13. The number of nitrogens with one attached hydrogen (secondary N) is 2. The highest BCUT2D eigenvalue weighted by atomic mass is 32.2. The Kier molecular flexibility index (Phi) is 3.91. The van der Waals surface area contributed by atoms with Gasteiger partial charge in [0.25, 0.3) is 0 Å². The molecule has 1 heterocycles. The summed E-state index contributed by atoms with van der Waals surface area (Å²) in [5.74, 6) is 0.711. The van der Waals surface area contributed by atoms with Crippen LogP contribution in [0.1, 0.15) is 19.8 Å². The lowest BCUT2D eigenvalue weighted by atomic mass is 9.94. The molecule has 3 rings (SSSR count). The van der Waals surface area contributed by atoms with Crippen molar-refractivity contribution in [2.75, 3.05) is 12.3 Å². The number of imidazole rings is 1. The first-order valence-electron chi connectivity index (χ1n) is 7.28. The second kappa shape index (κ2) is 5.69. The molecule has 1 aromatic carbocycles. The number of benzene rings is 1. The van der Waals surface area contributed by atoms with Crippen LogP contribution in [0.3, 0.4) is 0 Å². The summed E-state index contributed by atoms with van der Waals surface area (Å²) in [6, 6.07) is 7.92. The third kappa shape index (κ3) is 2.78. The standard InChI is InChI=1S/C15H20N4OS/c1-2-17-15(13(16)20,10-7-8-10)9-21-14-18-11-5-3-4-6-12(11)19-14/h3-6,10,17H,2,7-9H2,1H3,(H2,16,20)(H,18,19). The van der Waals surface area contributed by atoms with Gasteiger partial charge in [0.1, 0.15) is 5.54 Å². The molecule has 1 aromatic heterocycles. The number of carbonyl (C=O) groups is 1. The zero-order chi connectivity index (χ0) is 14.9. The highest BCUT2D eigenvalue weighted by Crippen LogP contribution is 2.42. The molecule has 0 spiro atoms. The van der Waals surface area contributed by atoms with E-state index < -0.39 is 5.54 Å². The maximum atomic E-state index is 12.0. The van der Waals surface area contributed by atoms with Gasteiger partial charge in [-0.1, -0.05) is 30.8 Å². The van der Waals surface area contributed by atoms with Gasteiger partial charge in [0, 0.05) is 5.75 Å². The Hall–Kier alpha value is -1.53. The normalized spacial score (nSPS) is 17.8. The molecular formula is C15H20N4OS. The van der Waals surface area contributed by atoms with Crippen LogP contribution in [0.15, 0.2) is 29.4 Å². The van der Waals surface area contributed by atoms with Gasteiger partial charge in [-0.2, -0.15) is 0 Å². The van der Waals surface area contributed by atoms with Crippen LogP contribution in [0.5, 0.6) is 0 Å². The Morgan fingerprint density at radius 3 is 2.90 bits per heavy atom. The van der Waals surface area contributed by atoms with Gasteiger partial charge in [0.2, 0.25) is 5.91 Å². The molecule has 1 atom stereocenters. The minimum absolute atomic E-state index is 0.254. The monoisotopic (exact) mass is 304 g/mol. The number of carbonyl (C=O) groups excluding carboxylic acids is 1. The van der Waals surface area contributed by atoms with Crippen molar-refractivity contribution in [1.29, 1.82) is 0 Å². The van der Waals surface area contributed by atoms with Crippen LogP contribution in [0.25, 0.3) is 11.0 Å². The molecule has 5 nitrogen and oxygen atoms in total. The average molecular weight is 304 g/mol. The molecule has 0 bridgehead atoms. The number of hydrogen-bond acceptors (Lipinski definition) is 4. The molecule has 0 saturated heterocycles. The molecule has 1 saturated carbocycles. The lowest BCUT2D eigenvalue weighted by Crippen LogP contribution is -2.59. The Morgan fingerprint density at radius 2 is 2.29 bits per heavy atom. The number of primary amides is 1. The summed E-state index contributed by atoms with van der Waals surface area (Å²) < 4.78 is 0. The van der Waals surface area contributed by atoms with Gasteiger partial charge in [0.15, 0.2) is 5.16 Å². The van der Waals surface area contributed by atoms with Crippen molar-refractivity contribution in [2.45, 2.75) is 30.5 Å². The quantitative estimate of drug-likeness (QED) is 0.682. The van der Waals surface area contributed by atoms with E-state index in [4.69, 9.17) is 5.73 Å². The molecule has 1 amide bonds. The molecule has 1 unspecified atom stereocenters. The Bertz CT molecular complexity index is 619. The van der Waals surface area contributed by atoms with E-state index in [1.807, 2.05) is 31.2 Å². The van der Waals surface area contributed by atoms with Gasteiger partial charge in [-0.05, 0) is 37.4 Å². The van der Waals surface area contributed by atoms with Crippen molar-refractivity contribution in [2.24, 2.45) is 11.7 Å². The maximum absolute atomic E-state index is 12.0. The van der Waals surface area contributed by atoms with Crippen molar-refractivity contribution in [3.8, 4) is 0 Å². The third-order valence-corrected chi connectivity index (χ3v) is 5.08. The predicted molar refractivity (Wildman–Crippen MR) is 85.1 cm³/mol. The van der Waals surface area contributed by atoms with E-state index in [2.05, 4.69) is 15.3 Å². The Labute approximate surface area is 128 Å². The number of thioether (sulfide) groups is 1. The molecule has 2 aromatic rings. The Balaban J connectivity index is 1.78. The number of aromatic amines is 1. The topological polar surface area (TPSA) is 83.8 Å². The number of para-hydroxylation sites is 2. The second-order valence-corrected chi connectivity index (χ2v) is 6.45. The lowest BCUT2D eigenvalue weighted by Gasteiger charge is -2.31. The first-order chi connectivity index (χ1) is 10.2. The highest BCUT2D eigenvalue weighted by Gasteiger charge is 2.49. The summed E-state index contributed by atoms with van der Waals surface area (Å²) >= 11 is 1.56. The fourth-order valence-corrected chi connectivity index (χ4v) is 3.93. The maximum Gasteiger partial charge on any atom is 0.238 e. The molecule has 0 aliphatic heterocycles. The van der Waals surface area contributed by atoms with E-state index in [0.717, 1.165) is 35.6 Å². The Morgan fingerprint density at radius 1 is 1.52 bits per heavy atom. The van der Waals surface area contributed by atoms with Gasteiger partial charge in [-0.25, -0.2) is 4.98 Å². The second-order valence-electron chi connectivity index (χ2n) is 5.49. The van der Waals surface area contributed by atoms with Crippen LogP contribution < -0.4 is 11.1 Å². The summed E-state index contributed by atoms with van der Waals surface area (Å²) in [5.41, 5.74) is 7.04. The molecule has 112 valence electrons. The molecular weight excluding hydrogens is 284 g/mol. The number of hydrogen-bond donors (Lipinski definition) is 3. The summed E-state index contributed by atoms with van der Waals surface area (Å²) in [4.78, 5) is 19.8. The smallest absolute Gasteiger partial charge is 0.238 e. The molecule has 0 radical (unpaired) electrons. The van der Waals surface area contributed by atoms with E-state index >= 15 is 0 Å². The number of aromatic nitrogens is 2. The number of rotatable bonds is 7. The first-order valence-corrected chi connectivity index (χ1v) is 8.27. The lowest BCUT2D eigenvalue weighted by molar-refractivity contribution is -0.124. The van der Waals surface area contributed by atoms with Gasteiger partial charge in [0.05, 0.1) is 11.0 Å². The minimum atomic E-state index is -0.613. The van der Waals surface area contributed by atoms with Gasteiger partial charge in [-0.15, -0.1) is 0 Å². The number of H-pyrrole nitrogens is 1. The van der Waals surface area contributed by atoms with Crippen LogP contribution >= 0.6 is 11.8 Å². The molecule has 21 heavy (non-hydrogen) atoms. The van der Waals surface area contributed by atoms with E-state index in [1.54, 1.807) is 11.8 Å². The fourth-order valence-electron chi connectivity index (χ4n) is 2.74. The summed E-state index contributed by atoms with van der Waals surface area (Å²) in [5, 5.41) is 4.16. The summed E-state index contributed by atoms with van der Waals surface area (Å²) in [7, 11) is 0. The fraction of sp³-hybridized carbons (Fsp3) is 0.467. The minimum Gasteiger partial charge on any atom is -0.368 e. The van der Waals surface area contributed by atoms with Crippen LogP contribution in [-0.4, -0.2) is 33.7 Å². The largest absolute Gasteiger partial charge is 0.368 e. The van der Waals surface area contributed by atoms with Gasteiger partial charge >= 0.3 is 0 Å². The van der Waals surface area contributed by atoms with Crippen molar-refractivity contribution < 1.29 is 4.79 Å². The van der Waals surface area contributed by atoms with Crippen molar-refractivity contribution in [1.82, 2.24) is 15.3 Å². The number of likely N-dealkylation sites (N-methyl/N-ethyl adjacent to an activating group) is 1. The van der Waals surface area contributed by atoms with Gasteiger partial charge in [-0.3, -0.25) is 4.79 Å². The van der Waals surface area contributed by atoms with Crippen LogP contribution in [0, 0.1) is 5.92 Å². The number of amides is 1. The van der Waals surface area contributed by atoms with Gasteiger partial charge < -0.3 is 16.0 Å². The van der Waals surface area contributed by atoms with Crippen molar-refractivity contribution in [3.05, 3.63) is 24.3 Å². The molecule has 1 fully saturated rings. The van der Waals surface area contributed by atoms with E-state index in [-0.39, 0.29) is 5.91 Å². The number of fused-ring (bicyclic) bond motifs is 1. The van der Waals surface area contributed by atoms with Crippen LogP contribution in [0.4, 0.5) is 0 Å². The average Bonchev–Trinajstić information content (AvgIpc) is 3.23. The molecule has 4 N–H and O–H groups in total. The SMILES string of the molecule is CCNC(CSc1nc2ccccc2[nH]1)(C(N)=O)C1CC1. The van der Waals surface area contributed by atoms with E-state index in [1.165, 1.54) is 0 Å². The van der Waals surface area contributed by atoms with Crippen molar-refractivity contribution >= 4 is 28.7 Å². The van der Waals surface area contributed by atoms with Crippen LogP contribution in [-0.2, 0) is 4.79 Å². The first kappa shape index (κ1) is 14.4. The predicted octanol–water partition coefficient (Wildman–Crippen LogP) is 1.90. The van der Waals surface area contributed by atoms with E-state index in [0.29, 0.717) is 11.7 Å². The zero-order valence-corrected chi connectivity index (χ0v) is 12.9. The molecule has 1 aliphatic carbocycles. The van der Waals surface area contributed by atoms with Crippen LogP contribution in [0.2, 0.25) is 0 Å².